The SMILES string of the molecule is CCc1cccc(CC)c1NC(=O)CS[C@@H](C)c1cccc([N+](=O)[O-])c1. The highest BCUT2D eigenvalue weighted by Gasteiger charge is 2.14. The lowest BCUT2D eigenvalue weighted by Gasteiger charge is -2.15. The maximum atomic E-state index is 12.4. The number of carbonyl (C=O) groups is 1. The average molecular weight is 372 g/mol. The van der Waals surface area contributed by atoms with Gasteiger partial charge in [-0.15, -0.1) is 11.8 Å². The molecule has 26 heavy (non-hydrogen) atoms. The van der Waals surface area contributed by atoms with Crippen LogP contribution in [0, 0.1) is 10.1 Å². The minimum atomic E-state index is -0.401. The Morgan fingerprint density at radius 1 is 1.15 bits per heavy atom. The van der Waals surface area contributed by atoms with Gasteiger partial charge in [0.1, 0.15) is 0 Å². The van der Waals surface area contributed by atoms with Crippen molar-refractivity contribution in [3.63, 3.8) is 0 Å². The van der Waals surface area contributed by atoms with Gasteiger partial charge in [0, 0.05) is 23.1 Å². The van der Waals surface area contributed by atoms with Crippen LogP contribution in [0.4, 0.5) is 11.4 Å². The minimum Gasteiger partial charge on any atom is -0.325 e. The molecule has 1 atom stereocenters. The standard InChI is InChI=1S/C20H24N2O3S/c1-4-15-8-6-9-16(5-2)20(15)21-19(23)13-26-14(3)17-10-7-11-18(12-17)22(24)25/h6-12,14H,4-5,13H2,1-3H3,(H,21,23)/t14-/m0/s1. The van der Waals surface area contributed by atoms with E-state index < -0.39 is 4.92 Å². The van der Waals surface area contributed by atoms with Gasteiger partial charge in [-0.3, -0.25) is 14.9 Å². The van der Waals surface area contributed by atoms with E-state index in [2.05, 4.69) is 19.2 Å². The maximum absolute atomic E-state index is 12.4. The topological polar surface area (TPSA) is 72.2 Å². The number of benzene rings is 2. The molecule has 2 aromatic rings. The molecule has 1 amide bonds. The van der Waals surface area contributed by atoms with Crippen molar-refractivity contribution in [2.45, 2.75) is 38.9 Å². The summed E-state index contributed by atoms with van der Waals surface area (Å²) in [7, 11) is 0. The highest BCUT2D eigenvalue weighted by atomic mass is 32.2. The summed E-state index contributed by atoms with van der Waals surface area (Å²) in [5, 5.41) is 13.9. The third-order valence-electron chi connectivity index (χ3n) is 4.28. The molecule has 0 saturated heterocycles. The predicted molar refractivity (Wildman–Crippen MR) is 108 cm³/mol. The zero-order valence-corrected chi connectivity index (χ0v) is 16.1. The lowest BCUT2D eigenvalue weighted by atomic mass is 10.0. The van der Waals surface area contributed by atoms with Crippen LogP contribution >= 0.6 is 11.8 Å². The molecule has 2 rings (SSSR count). The van der Waals surface area contributed by atoms with Crippen LogP contribution in [-0.4, -0.2) is 16.6 Å². The Hall–Kier alpha value is -2.34. The number of hydrogen-bond donors (Lipinski definition) is 1. The second-order valence-corrected chi connectivity index (χ2v) is 7.34. The number of anilines is 1. The number of non-ortho nitro benzene ring substituents is 1. The van der Waals surface area contributed by atoms with Crippen molar-refractivity contribution in [3.8, 4) is 0 Å². The molecule has 0 saturated carbocycles. The minimum absolute atomic E-state index is 0.00675. The van der Waals surface area contributed by atoms with E-state index in [4.69, 9.17) is 0 Å². The zero-order valence-electron chi connectivity index (χ0n) is 15.3. The number of carbonyl (C=O) groups excluding carboxylic acids is 1. The fraction of sp³-hybridized carbons (Fsp3) is 0.350. The van der Waals surface area contributed by atoms with E-state index in [0.717, 1.165) is 35.2 Å². The largest absolute Gasteiger partial charge is 0.325 e. The number of nitrogens with one attached hydrogen (secondary N) is 1. The Kier molecular flexibility index (Phi) is 7.21. The van der Waals surface area contributed by atoms with Crippen LogP contribution in [0.5, 0.6) is 0 Å². The van der Waals surface area contributed by atoms with Crippen LogP contribution in [0.1, 0.15) is 42.7 Å². The van der Waals surface area contributed by atoms with Crippen molar-refractivity contribution in [3.05, 3.63) is 69.3 Å². The van der Waals surface area contributed by atoms with E-state index in [1.165, 1.54) is 17.8 Å². The predicted octanol–water partition coefficient (Wildman–Crippen LogP) is 5.15. The van der Waals surface area contributed by atoms with Crippen LogP contribution in [-0.2, 0) is 17.6 Å². The van der Waals surface area contributed by atoms with Crippen LogP contribution in [0.15, 0.2) is 42.5 Å². The first-order valence-corrected chi connectivity index (χ1v) is 9.77. The first-order valence-electron chi connectivity index (χ1n) is 8.72. The highest BCUT2D eigenvalue weighted by Crippen LogP contribution is 2.30. The van der Waals surface area contributed by atoms with Gasteiger partial charge in [0.15, 0.2) is 0 Å². The number of nitrogens with zero attached hydrogens (tertiary/aromatic N) is 1. The van der Waals surface area contributed by atoms with Gasteiger partial charge in [-0.2, -0.15) is 0 Å². The number of rotatable bonds is 8. The number of aryl methyl sites for hydroxylation is 2. The molecule has 0 aromatic heterocycles. The third kappa shape index (κ3) is 5.08. The molecule has 138 valence electrons. The number of hydrogen-bond acceptors (Lipinski definition) is 4. The molecular formula is C20H24N2O3S. The summed E-state index contributed by atoms with van der Waals surface area (Å²) < 4.78 is 0. The van der Waals surface area contributed by atoms with Crippen molar-refractivity contribution in [1.29, 1.82) is 0 Å². The van der Waals surface area contributed by atoms with Crippen molar-refractivity contribution in [2.75, 3.05) is 11.1 Å². The van der Waals surface area contributed by atoms with Crippen molar-refractivity contribution in [1.82, 2.24) is 0 Å². The van der Waals surface area contributed by atoms with Gasteiger partial charge in [0.2, 0.25) is 5.91 Å². The van der Waals surface area contributed by atoms with E-state index >= 15 is 0 Å². The fourth-order valence-electron chi connectivity index (χ4n) is 2.77. The molecule has 0 spiro atoms. The summed E-state index contributed by atoms with van der Waals surface area (Å²) in [6, 6.07) is 12.7. The van der Waals surface area contributed by atoms with Crippen molar-refractivity contribution >= 4 is 29.0 Å². The Balaban J connectivity index is 2.01. The number of thioether (sulfide) groups is 1. The van der Waals surface area contributed by atoms with E-state index in [0.29, 0.717) is 5.75 Å². The average Bonchev–Trinajstić information content (AvgIpc) is 2.66. The van der Waals surface area contributed by atoms with Gasteiger partial charge in [-0.25, -0.2) is 0 Å². The van der Waals surface area contributed by atoms with E-state index in [1.54, 1.807) is 12.1 Å². The van der Waals surface area contributed by atoms with Gasteiger partial charge in [-0.05, 0) is 36.5 Å². The van der Waals surface area contributed by atoms with Gasteiger partial charge >= 0.3 is 0 Å². The Labute approximate surface area is 158 Å². The molecule has 0 bridgehead atoms. The molecule has 0 aliphatic carbocycles. The summed E-state index contributed by atoms with van der Waals surface area (Å²) in [5.41, 5.74) is 4.11. The molecule has 0 fully saturated rings. The van der Waals surface area contributed by atoms with Crippen LogP contribution in [0.2, 0.25) is 0 Å². The normalized spacial score (nSPS) is 11.8. The van der Waals surface area contributed by atoms with E-state index in [-0.39, 0.29) is 16.8 Å². The molecule has 5 nitrogen and oxygen atoms in total. The zero-order chi connectivity index (χ0) is 19.1. The Morgan fingerprint density at radius 3 is 2.35 bits per heavy atom. The Morgan fingerprint density at radius 2 is 1.77 bits per heavy atom. The second-order valence-electron chi connectivity index (χ2n) is 6.01. The molecular weight excluding hydrogens is 348 g/mol. The van der Waals surface area contributed by atoms with Crippen LogP contribution in [0.25, 0.3) is 0 Å². The number of nitro groups is 1. The maximum Gasteiger partial charge on any atom is 0.269 e. The molecule has 6 heteroatoms. The summed E-state index contributed by atoms with van der Waals surface area (Å²) in [5.74, 6) is 0.244. The van der Waals surface area contributed by atoms with Crippen LogP contribution < -0.4 is 5.32 Å². The van der Waals surface area contributed by atoms with Gasteiger partial charge in [-0.1, -0.05) is 44.2 Å². The molecule has 2 aromatic carbocycles. The number of amides is 1. The lowest BCUT2D eigenvalue weighted by molar-refractivity contribution is -0.384. The van der Waals surface area contributed by atoms with Crippen molar-refractivity contribution < 1.29 is 9.72 Å². The molecule has 0 aliphatic rings. The summed E-state index contributed by atoms with van der Waals surface area (Å²) in [6.45, 7) is 6.10. The summed E-state index contributed by atoms with van der Waals surface area (Å²) in [6.07, 6.45) is 1.72. The van der Waals surface area contributed by atoms with Gasteiger partial charge in [0.05, 0.1) is 10.7 Å². The quantitative estimate of drug-likeness (QED) is 0.513. The first kappa shape index (κ1) is 20.0. The fourth-order valence-corrected chi connectivity index (χ4v) is 3.58. The van der Waals surface area contributed by atoms with Gasteiger partial charge in [0.25, 0.3) is 5.69 Å². The van der Waals surface area contributed by atoms with E-state index in [9.17, 15) is 14.9 Å². The Bertz CT molecular complexity index is 770. The number of nitro benzene ring substituents is 1. The highest BCUT2D eigenvalue weighted by molar-refractivity contribution is 8.00. The smallest absolute Gasteiger partial charge is 0.269 e. The molecule has 0 heterocycles. The first-order chi connectivity index (χ1) is 12.5. The second kappa shape index (κ2) is 9.38. The summed E-state index contributed by atoms with van der Waals surface area (Å²) in [4.78, 5) is 22.9. The van der Waals surface area contributed by atoms with Gasteiger partial charge < -0.3 is 5.32 Å². The molecule has 0 aliphatic heterocycles. The molecule has 0 radical (unpaired) electrons. The monoisotopic (exact) mass is 372 g/mol. The molecule has 0 unspecified atom stereocenters. The summed E-state index contributed by atoms with van der Waals surface area (Å²) >= 11 is 1.47. The molecule has 1 N–H and O–H groups in total. The lowest BCUT2D eigenvalue weighted by Crippen LogP contribution is -2.17. The van der Waals surface area contributed by atoms with Crippen LogP contribution in [0.3, 0.4) is 0 Å². The van der Waals surface area contributed by atoms with E-state index in [1.807, 2.05) is 31.2 Å². The van der Waals surface area contributed by atoms with Crippen molar-refractivity contribution in [2.24, 2.45) is 0 Å². The number of para-hydroxylation sites is 1. The third-order valence-corrected chi connectivity index (χ3v) is 5.48.